The second-order valence-electron chi connectivity index (χ2n) is 3.13. The smallest absolute Gasteiger partial charge is 0.144 e. The van der Waals surface area contributed by atoms with Gasteiger partial charge in [-0.2, -0.15) is 0 Å². The quantitative estimate of drug-likeness (QED) is 0.798. The Balaban J connectivity index is 3.40. The second-order valence-corrected chi connectivity index (χ2v) is 3.54. The van der Waals surface area contributed by atoms with Crippen molar-refractivity contribution in [3.05, 3.63) is 22.2 Å². The largest absolute Gasteiger partial charge is 0.507 e. The Hall–Kier alpha value is -0.930. The zero-order chi connectivity index (χ0) is 10.9. The molecule has 1 aromatic carbocycles. The molecule has 4 heteroatoms. The van der Waals surface area contributed by atoms with Crippen molar-refractivity contribution in [2.45, 2.75) is 20.0 Å². The molecular weight excluding hydrogens is 204 g/mol. The summed E-state index contributed by atoms with van der Waals surface area (Å²) in [5.74, 6) is 0.467. The Kier molecular flexibility index (Phi) is 3.24. The highest BCUT2D eigenvalue weighted by Gasteiger charge is 2.16. The summed E-state index contributed by atoms with van der Waals surface area (Å²) in [5, 5.41) is 19.5. The van der Waals surface area contributed by atoms with Crippen LogP contribution in [0, 0.1) is 6.92 Å². The summed E-state index contributed by atoms with van der Waals surface area (Å²) in [6, 6.07) is 1.51. The predicted octanol–water partition coefficient (Wildman–Crippen LogP) is 2.42. The number of aliphatic hydroxyl groups is 1. The van der Waals surface area contributed by atoms with Gasteiger partial charge in [-0.25, -0.2) is 0 Å². The number of aromatic hydroxyl groups is 1. The summed E-state index contributed by atoms with van der Waals surface area (Å²) in [6.45, 7) is 3.25. The van der Waals surface area contributed by atoms with Crippen molar-refractivity contribution in [3.8, 4) is 11.5 Å². The number of hydrogen-bond acceptors (Lipinski definition) is 3. The molecule has 0 aromatic heterocycles. The highest BCUT2D eigenvalue weighted by Crippen LogP contribution is 2.39. The number of benzene rings is 1. The van der Waals surface area contributed by atoms with Gasteiger partial charge >= 0.3 is 0 Å². The third-order valence-electron chi connectivity index (χ3n) is 2.12. The van der Waals surface area contributed by atoms with Crippen LogP contribution in [0.2, 0.25) is 5.02 Å². The van der Waals surface area contributed by atoms with Crippen LogP contribution in [0.4, 0.5) is 0 Å². The zero-order valence-electron chi connectivity index (χ0n) is 8.34. The minimum absolute atomic E-state index is 0.0289. The van der Waals surface area contributed by atoms with E-state index in [9.17, 15) is 10.2 Å². The zero-order valence-corrected chi connectivity index (χ0v) is 9.09. The first-order chi connectivity index (χ1) is 6.49. The van der Waals surface area contributed by atoms with Crippen molar-refractivity contribution in [3.63, 3.8) is 0 Å². The first kappa shape index (κ1) is 11.1. The summed E-state index contributed by atoms with van der Waals surface area (Å²) in [6.07, 6.45) is -0.753. The molecule has 0 amide bonds. The van der Waals surface area contributed by atoms with Crippen molar-refractivity contribution in [1.29, 1.82) is 0 Å². The monoisotopic (exact) mass is 216 g/mol. The van der Waals surface area contributed by atoms with Crippen molar-refractivity contribution < 1.29 is 14.9 Å². The topological polar surface area (TPSA) is 49.7 Å². The van der Waals surface area contributed by atoms with Crippen LogP contribution in [0.3, 0.4) is 0 Å². The molecule has 0 spiro atoms. The van der Waals surface area contributed by atoms with Gasteiger partial charge in [0.25, 0.3) is 0 Å². The molecule has 1 unspecified atom stereocenters. The molecule has 0 aliphatic carbocycles. The summed E-state index contributed by atoms with van der Waals surface area (Å²) < 4.78 is 5.02. The van der Waals surface area contributed by atoms with Gasteiger partial charge in [0, 0.05) is 11.1 Å². The highest BCUT2D eigenvalue weighted by atomic mass is 35.5. The van der Waals surface area contributed by atoms with Gasteiger partial charge in [-0.3, -0.25) is 0 Å². The lowest BCUT2D eigenvalue weighted by molar-refractivity contribution is 0.194. The molecule has 1 atom stereocenters. The van der Waals surface area contributed by atoms with Gasteiger partial charge in [0.2, 0.25) is 0 Å². The average Bonchev–Trinajstić information content (AvgIpc) is 2.12. The molecule has 0 heterocycles. The maximum absolute atomic E-state index is 9.71. The van der Waals surface area contributed by atoms with Crippen LogP contribution in [0.15, 0.2) is 6.07 Å². The van der Waals surface area contributed by atoms with E-state index in [0.717, 1.165) is 0 Å². The van der Waals surface area contributed by atoms with Crippen LogP contribution in [0.25, 0.3) is 0 Å². The van der Waals surface area contributed by atoms with Crippen LogP contribution in [0.1, 0.15) is 24.2 Å². The number of halogens is 1. The van der Waals surface area contributed by atoms with Crippen LogP contribution < -0.4 is 4.74 Å². The molecule has 78 valence electrons. The fourth-order valence-electron chi connectivity index (χ4n) is 1.34. The Labute approximate surface area is 87.9 Å². The van der Waals surface area contributed by atoms with Gasteiger partial charge in [-0.1, -0.05) is 11.6 Å². The molecule has 2 N–H and O–H groups in total. The molecule has 1 rings (SSSR count). The number of rotatable bonds is 2. The van der Waals surface area contributed by atoms with E-state index in [0.29, 0.717) is 21.9 Å². The molecule has 0 saturated carbocycles. The second kappa shape index (κ2) is 4.07. The molecule has 0 radical (unpaired) electrons. The van der Waals surface area contributed by atoms with E-state index in [1.165, 1.54) is 13.2 Å². The number of ether oxygens (including phenoxy) is 1. The molecule has 3 nitrogen and oxygen atoms in total. The summed E-state index contributed by atoms with van der Waals surface area (Å²) >= 11 is 5.90. The molecule has 0 aliphatic rings. The predicted molar refractivity (Wildman–Crippen MR) is 55.0 cm³/mol. The summed E-state index contributed by atoms with van der Waals surface area (Å²) in [5.41, 5.74) is 0.948. The van der Waals surface area contributed by atoms with Crippen molar-refractivity contribution in [2.24, 2.45) is 0 Å². The van der Waals surface area contributed by atoms with E-state index in [-0.39, 0.29) is 5.75 Å². The lowest BCUT2D eigenvalue weighted by Crippen LogP contribution is -1.96. The molecule has 0 fully saturated rings. The van der Waals surface area contributed by atoms with E-state index < -0.39 is 6.10 Å². The van der Waals surface area contributed by atoms with E-state index in [1.54, 1.807) is 13.8 Å². The lowest BCUT2D eigenvalue weighted by Gasteiger charge is -2.14. The molecule has 14 heavy (non-hydrogen) atoms. The minimum atomic E-state index is -0.753. The van der Waals surface area contributed by atoms with Gasteiger partial charge in [0.1, 0.15) is 11.5 Å². The number of phenolic OH excluding ortho intramolecular Hbond substituents is 1. The van der Waals surface area contributed by atoms with Crippen molar-refractivity contribution in [2.75, 3.05) is 7.11 Å². The fourth-order valence-corrected chi connectivity index (χ4v) is 1.68. The van der Waals surface area contributed by atoms with Gasteiger partial charge in [0.15, 0.2) is 0 Å². The van der Waals surface area contributed by atoms with Gasteiger partial charge in [0.05, 0.1) is 18.2 Å². The van der Waals surface area contributed by atoms with Crippen molar-refractivity contribution in [1.82, 2.24) is 0 Å². The highest BCUT2D eigenvalue weighted by molar-refractivity contribution is 6.32. The van der Waals surface area contributed by atoms with Gasteiger partial charge in [-0.15, -0.1) is 0 Å². The lowest BCUT2D eigenvalue weighted by atomic mass is 10.0. The summed E-state index contributed by atoms with van der Waals surface area (Å²) in [7, 11) is 1.48. The SMILES string of the molecule is COc1c(Cl)cc(C(C)O)c(O)c1C. The van der Waals surface area contributed by atoms with E-state index in [2.05, 4.69) is 0 Å². The maximum atomic E-state index is 9.71. The van der Waals surface area contributed by atoms with Gasteiger partial charge < -0.3 is 14.9 Å². The first-order valence-corrected chi connectivity index (χ1v) is 4.60. The molecule has 0 bridgehead atoms. The van der Waals surface area contributed by atoms with E-state index >= 15 is 0 Å². The van der Waals surface area contributed by atoms with Crippen LogP contribution in [-0.2, 0) is 0 Å². The Morgan fingerprint density at radius 1 is 1.50 bits per heavy atom. The number of hydrogen-bond donors (Lipinski definition) is 2. The number of phenols is 1. The third-order valence-corrected chi connectivity index (χ3v) is 2.40. The van der Waals surface area contributed by atoms with Crippen LogP contribution in [0.5, 0.6) is 11.5 Å². The number of methoxy groups -OCH3 is 1. The number of aliphatic hydroxyl groups excluding tert-OH is 1. The molecular formula is C10H13ClO3. The van der Waals surface area contributed by atoms with E-state index in [1.807, 2.05) is 0 Å². The average molecular weight is 217 g/mol. The Morgan fingerprint density at radius 2 is 2.07 bits per heavy atom. The third kappa shape index (κ3) is 1.79. The van der Waals surface area contributed by atoms with E-state index in [4.69, 9.17) is 16.3 Å². The first-order valence-electron chi connectivity index (χ1n) is 4.23. The standard InChI is InChI=1S/C10H13ClO3/c1-5-9(13)7(6(2)12)4-8(11)10(5)14-3/h4,6,12-13H,1-3H3. The fraction of sp³-hybridized carbons (Fsp3) is 0.400. The normalized spacial score (nSPS) is 12.6. The Morgan fingerprint density at radius 3 is 2.50 bits per heavy atom. The van der Waals surface area contributed by atoms with Crippen LogP contribution in [-0.4, -0.2) is 17.3 Å². The molecule has 1 aromatic rings. The summed E-state index contributed by atoms with van der Waals surface area (Å²) in [4.78, 5) is 0. The van der Waals surface area contributed by atoms with Crippen molar-refractivity contribution >= 4 is 11.6 Å². The Bertz CT molecular complexity index is 348. The molecule has 0 saturated heterocycles. The van der Waals surface area contributed by atoms with Gasteiger partial charge in [-0.05, 0) is 19.9 Å². The minimum Gasteiger partial charge on any atom is -0.507 e. The molecule has 0 aliphatic heterocycles. The maximum Gasteiger partial charge on any atom is 0.144 e. The van der Waals surface area contributed by atoms with Crippen LogP contribution >= 0.6 is 11.6 Å².